The number of carbonyl (C=O) groups is 4. The molecule has 9 nitrogen and oxygen atoms in total. The number of alkyl carbamates (subject to hydrolysis) is 1. The SMILES string of the molecule is CC(C)(C)OC(=O)NC(Cc1ccccc1)C(=O)N(C1CC1)C(C(=O)NC(Cc1ccccc1)C(=O)OC(C)(C)C)c1ccccc1. The van der Waals surface area contributed by atoms with Gasteiger partial charge in [-0.3, -0.25) is 9.59 Å². The molecule has 250 valence electrons. The van der Waals surface area contributed by atoms with Crippen molar-refractivity contribution >= 4 is 23.9 Å². The maximum Gasteiger partial charge on any atom is 0.408 e. The van der Waals surface area contributed by atoms with Gasteiger partial charge in [0.15, 0.2) is 0 Å². The van der Waals surface area contributed by atoms with E-state index < -0.39 is 53.2 Å². The molecule has 3 aromatic rings. The molecular formula is C38H47N3O6. The van der Waals surface area contributed by atoms with E-state index in [4.69, 9.17) is 9.47 Å². The number of benzene rings is 3. The van der Waals surface area contributed by atoms with Crippen LogP contribution in [0.15, 0.2) is 91.0 Å². The monoisotopic (exact) mass is 641 g/mol. The smallest absolute Gasteiger partial charge is 0.408 e. The van der Waals surface area contributed by atoms with Crippen LogP contribution in [-0.4, -0.2) is 58.1 Å². The molecule has 0 aromatic heterocycles. The van der Waals surface area contributed by atoms with Crippen molar-refractivity contribution < 1.29 is 28.7 Å². The Kier molecular flexibility index (Phi) is 11.4. The lowest BCUT2D eigenvalue weighted by Crippen LogP contribution is -2.56. The molecule has 1 aliphatic carbocycles. The van der Waals surface area contributed by atoms with Crippen LogP contribution in [0, 0.1) is 0 Å². The predicted molar refractivity (Wildman–Crippen MR) is 180 cm³/mol. The minimum absolute atomic E-state index is 0.194. The molecule has 0 heterocycles. The molecule has 3 amide bonds. The summed E-state index contributed by atoms with van der Waals surface area (Å²) in [7, 11) is 0. The number of hydrogen-bond acceptors (Lipinski definition) is 6. The van der Waals surface area contributed by atoms with E-state index in [-0.39, 0.29) is 18.9 Å². The number of hydrogen-bond donors (Lipinski definition) is 2. The van der Waals surface area contributed by atoms with Crippen LogP contribution < -0.4 is 10.6 Å². The highest BCUT2D eigenvalue weighted by Gasteiger charge is 2.45. The van der Waals surface area contributed by atoms with E-state index in [9.17, 15) is 19.2 Å². The molecule has 0 bridgehead atoms. The molecule has 3 aromatic carbocycles. The average Bonchev–Trinajstić information content (AvgIpc) is 3.84. The van der Waals surface area contributed by atoms with Crippen LogP contribution in [0.5, 0.6) is 0 Å². The molecule has 0 saturated heterocycles. The van der Waals surface area contributed by atoms with Crippen molar-refractivity contribution in [3.63, 3.8) is 0 Å². The van der Waals surface area contributed by atoms with E-state index in [0.717, 1.165) is 11.1 Å². The number of nitrogens with zero attached hydrogens (tertiary/aromatic N) is 1. The molecule has 3 atom stereocenters. The molecule has 4 rings (SSSR count). The summed E-state index contributed by atoms with van der Waals surface area (Å²) in [6, 6.07) is 24.5. The summed E-state index contributed by atoms with van der Waals surface area (Å²) in [5, 5.41) is 5.73. The summed E-state index contributed by atoms with van der Waals surface area (Å²) in [5.74, 6) is -1.50. The Hall–Kier alpha value is -4.66. The van der Waals surface area contributed by atoms with Crippen molar-refractivity contribution in [2.24, 2.45) is 0 Å². The fraction of sp³-hybridized carbons (Fsp3) is 0.421. The molecule has 9 heteroatoms. The van der Waals surface area contributed by atoms with Gasteiger partial charge in [0.1, 0.15) is 29.3 Å². The molecule has 0 spiro atoms. The highest BCUT2D eigenvalue weighted by molar-refractivity contribution is 5.94. The van der Waals surface area contributed by atoms with E-state index in [2.05, 4.69) is 10.6 Å². The van der Waals surface area contributed by atoms with Crippen molar-refractivity contribution in [3.05, 3.63) is 108 Å². The predicted octanol–water partition coefficient (Wildman–Crippen LogP) is 5.92. The Morgan fingerprint density at radius 1 is 0.681 bits per heavy atom. The number of nitrogens with one attached hydrogen (secondary N) is 2. The molecule has 1 aliphatic rings. The number of ether oxygens (including phenoxy) is 2. The van der Waals surface area contributed by atoms with E-state index in [0.29, 0.717) is 18.4 Å². The quantitative estimate of drug-likeness (QED) is 0.237. The topological polar surface area (TPSA) is 114 Å². The van der Waals surface area contributed by atoms with Crippen molar-refractivity contribution in [1.29, 1.82) is 0 Å². The van der Waals surface area contributed by atoms with Gasteiger partial charge >= 0.3 is 12.1 Å². The van der Waals surface area contributed by atoms with Crippen LogP contribution in [0.1, 0.15) is 77.1 Å². The largest absolute Gasteiger partial charge is 0.458 e. The third kappa shape index (κ3) is 11.0. The van der Waals surface area contributed by atoms with Gasteiger partial charge < -0.3 is 25.0 Å². The van der Waals surface area contributed by atoms with Crippen molar-refractivity contribution in [3.8, 4) is 0 Å². The van der Waals surface area contributed by atoms with Crippen molar-refractivity contribution in [1.82, 2.24) is 15.5 Å². The second-order valence-corrected chi connectivity index (χ2v) is 14.0. The summed E-state index contributed by atoms with van der Waals surface area (Å²) in [4.78, 5) is 57.2. The number of rotatable bonds is 12. The Labute approximate surface area is 278 Å². The zero-order valence-electron chi connectivity index (χ0n) is 28.2. The lowest BCUT2D eigenvalue weighted by Gasteiger charge is -2.35. The fourth-order valence-corrected chi connectivity index (χ4v) is 5.29. The van der Waals surface area contributed by atoms with Gasteiger partial charge in [-0.05, 0) is 71.1 Å². The molecule has 2 N–H and O–H groups in total. The molecule has 3 unspecified atom stereocenters. The first kappa shape index (κ1) is 35.2. The van der Waals surface area contributed by atoms with Crippen LogP contribution in [0.4, 0.5) is 4.79 Å². The van der Waals surface area contributed by atoms with E-state index in [1.807, 2.05) is 66.7 Å². The van der Waals surface area contributed by atoms with Crippen LogP contribution >= 0.6 is 0 Å². The van der Waals surface area contributed by atoms with Crippen LogP contribution in [0.2, 0.25) is 0 Å². The molecule has 1 fully saturated rings. The molecular weight excluding hydrogens is 594 g/mol. The maximum absolute atomic E-state index is 14.6. The third-order valence-corrected chi connectivity index (χ3v) is 7.40. The number of amides is 3. The summed E-state index contributed by atoms with van der Waals surface area (Å²) in [6.07, 6.45) is 1.08. The minimum atomic E-state index is -1.07. The lowest BCUT2D eigenvalue weighted by molar-refractivity contribution is -0.159. The fourth-order valence-electron chi connectivity index (χ4n) is 5.29. The highest BCUT2D eigenvalue weighted by atomic mass is 16.6. The van der Waals surface area contributed by atoms with E-state index in [1.165, 1.54) is 0 Å². The molecule has 0 radical (unpaired) electrons. The summed E-state index contributed by atoms with van der Waals surface area (Å²) >= 11 is 0. The summed E-state index contributed by atoms with van der Waals surface area (Å²) in [5.41, 5.74) is 0.723. The van der Waals surface area contributed by atoms with Gasteiger partial charge in [-0.15, -0.1) is 0 Å². The van der Waals surface area contributed by atoms with Crippen molar-refractivity contribution in [2.45, 2.75) is 103 Å². The van der Waals surface area contributed by atoms with E-state index in [1.54, 1.807) is 70.7 Å². The average molecular weight is 642 g/mol. The van der Waals surface area contributed by atoms with Gasteiger partial charge in [0.05, 0.1) is 0 Å². The van der Waals surface area contributed by atoms with E-state index >= 15 is 0 Å². The molecule has 0 aliphatic heterocycles. The van der Waals surface area contributed by atoms with Gasteiger partial charge in [0.25, 0.3) is 0 Å². The second-order valence-electron chi connectivity index (χ2n) is 14.0. The summed E-state index contributed by atoms with van der Waals surface area (Å²) < 4.78 is 11.2. The molecule has 1 saturated carbocycles. The first-order valence-electron chi connectivity index (χ1n) is 16.2. The summed E-state index contributed by atoms with van der Waals surface area (Å²) in [6.45, 7) is 10.6. The zero-order valence-corrected chi connectivity index (χ0v) is 28.2. The van der Waals surface area contributed by atoms with Gasteiger partial charge in [-0.1, -0.05) is 91.0 Å². The Morgan fingerprint density at radius 2 is 1.15 bits per heavy atom. The normalized spacial score (nSPS) is 15.0. The Morgan fingerprint density at radius 3 is 1.62 bits per heavy atom. The molecule has 47 heavy (non-hydrogen) atoms. The first-order chi connectivity index (χ1) is 22.2. The first-order valence-corrected chi connectivity index (χ1v) is 16.2. The standard InChI is InChI=1S/C38H47N3O6/c1-37(2,3)46-35(44)31(25-27-18-12-8-13-19-27)39-33(42)32(28-20-14-9-15-21-28)41(29-22-23-29)34(43)30(24-26-16-10-7-11-17-26)40-36(45)47-38(4,5)6/h7-21,29-32H,22-25H2,1-6H3,(H,39,42)(H,40,45). The number of esters is 1. The Bertz CT molecular complexity index is 1500. The third-order valence-electron chi connectivity index (χ3n) is 7.40. The highest BCUT2D eigenvalue weighted by Crippen LogP contribution is 2.36. The maximum atomic E-state index is 14.6. The second kappa shape index (κ2) is 15.3. The van der Waals surface area contributed by atoms with Gasteiger partial charge in [-0.25, -0.2) is 9.59 Å². The Balaban J connectivity index is 1.70. The van der Waals surface area contributed by atoms with Crippen LogP contribution in [0.25, 0.3) is 0 Å². The minimum Gasteiger partial charge on any atom is -0.458 e. The van der Waals surface area contributed by atoms with Crippen molar-refractivity contribution in [2.75, 3.05) is 0 Å². The lowest BCUT2D eigenvalue weighted by atomic mass is 9.99. The number of carbonyl (C=O) groups excluding carboxylic acids is 4. The van der Waals surface area contributed by atoms with Gasteiger partial charge in [0, 0.05) is 18.9 Å². The van der Waals surface area contributed by atoms with Crippen LogP contribution in [-0.2, 0) is 36.7 Å². The zero-order chi connectivity index (χ0) is 34.2. The van der Waals surface area contributed by atoms with Crippen LogP contribution in [0.3, 0.4) is 0 Å². The van der Waals surface area contributed by atoms with Gasteiger partial charge in [0.2, 0.25) is 11.8 Å². The van der Waals surface area contributed by atoms with Gasteiger partial charge in [-0.2, -0.15) is 0 Å².